The van der Waals surface area contributed by atoms with E-state index in [1.807, 2.05) is 78.9 Å². The standard InChI is InChI=1S/C29H29NO3/c1-22(28(31)24-13-7-3-8-14-24)27(23-11-5-2-6-12-23)26(21-30-17-19-33-20-18-30)29(32)25-15-9-4-10-16-25/h2-16,26-27H,1,17-21H2/t26-,27-/m1/s1. The van der Waals surface area contributed by atoms with Crippen molar-refractivity contribution < 1.29 is 14.3 Å². The normalized spacial score (nSPS) is 16.0. The lowest BCUT2D eigenvalue weighted by Gasteiger charge is -2.34. The maximum Gasteiger partial charge on any atom is 0.189 e. The van der Waals surface area contributed by atoms with Gasteiger partial charge in [-0.2, -0.15) is 0 Å². The maximum absolute atomic E-state index is 13.9. The summed E-state index contributed by atoms with van der Waals surface area (Å²) in [4.78, 5) is 29.6. The van der Waals surface area contributed by atoms with E-state index in [0.717, 1.165) is 18.7 Å². The molecule has 0 unspecified atom stereocenters. The Morgan fingerprint density at radius 2 is 1.30 bits per heavy atom. The minimum absolute atomic E-state index is 0.0259. The van der Waals surface area contributed by atoms with Gasteiger partial charge in [0.1, 0.15) is 0 Å². The summed E-state index contributed by atoms with van der Waals surface area (Å²) in [6, 6.07) is 28.3. The number of rotatable bonds is 9. The van der Waals surface area contributed by atoms with Gasteiger partial charge in [-0.05, 0) is 5.56 Å². The molecule has 4 nitrogen and oxygen atoms in total. The van der Waals surface area contributed by atoms with Crippen LogP contribution in [-0.4, -0.2) is 49.3 Å². The summed E-state index contributed by atoms with van der Waals surface area (Å²) in [6.45, 7) is 7.61. The molecule has 3 aromatic carbocycles. The molecule has 0 radical (unpaired) electrons. The van der Waals surface area contributed by atoms with E-state index in [2.05, 4.69) is 11.5 Å². The van der Waals surface area contributed by atoms with Crippen molar-refractivity contribution in [2.75, 3.05) is 32.8 Å². The number of Topliss-reactive ketones (excluding diaryl/α,β-unsaturated/α-hetero) is 2. The molecule has 4 rings (SSSR count). The van der Waals surface area contributed by atoms with Crippen molar-refractivity contribution in [3.63, 3.8) is 0 Å². The number of hydrogen-bond acceptors (Lipinski definition) is 4. The zero-order chi connectivity index (χ0) is 23.0. The van der Waals surface area contributed by atoms with Gasteiger partial charge in [-0.3, -0.25) is 14.5 Å². The van der Waals surface area contributed by atoms with Gasteiger partial charge in [-0.25, -0.2) is 0 Å². The van der Waals surface area contributed by atoms with Gasteiger partial charge in [-0.15, -0.1) is 0 Å². The highest BCUT2D eigenvalue weighted by Gasteiger charge is 2.36. The number of nitrogens with zero attached hydrogens (tertiary/aromatic N) is 1. The molecule has 1 saturated heterocycles. The fourth-order valence-corrected chi connectivity index (χ4v) is 4.47. The highest BCUT2D eigenvalue weighted by atomic mass is 16.5. The van der Waals surface area contributed by atoms with Crippen LogP contribution in [0.15, 0.2) is 103 Å². The number of morpholine rings is 1. The summed E-state index contributed by atoms with van der Waals surface area (Å²) in [5, 5.41) is 0. The van der Waals surface area contributed by atoms with Gasteiger partial charge in [0.2, 0.25) is 0 Å². The average Bonchev–Trinajstić information content (AvgIpc) is 2.89. The Balaban J connectivity index is 1.75. The summed E-state index contributed by atoms with van der Waals surface area (Å²) >= 11 is 0. The number of allylic oxidation sites excluding steroid dienone is 1. The zero-order valence-corrected chi connectivity index (χ0v) is 18.7. The van der Waals surface area contributed by atoms with Crippen LogP contribution >= 0.6 is 0 Å². The zero-order valence-electron chi connectivity index (χ0n) is 18.7. The molecule has 0 aliphatic carbocycles. The summed E-state index contributed by atoms with van der Waals surface area (Å²) in [5.41, 5.74) is 2.60. The number of ketones is 2. The van der Waals surface area contributed by atoms with Crippen LogP contribution in [0.25, 0.3) is 0 Å². The molecule has 0 saturated carbocycles. The monoisotopic (exact) mass is 439 g/mol. The van der Waals surface area contributed by atoms with Crippen LogP contribution in [0.2, 0.25) is 0 Å². The van der Waals surface area contributed by atoms with Crippen molar-refractivity contribution in [2.24, 2.45) is 5.92 Å². The quantitative estimate of drug-likeness (QED) is 0.346. The third-order valence-corrected chi connectivity index (χ3v) is 6.22. The molecular weight excluding hydrogens is 410 g/mol. The Morgan fingerprint density at radius 1 is 0.788 bits per heavy atom. The van der Waals surface area contributed by atoms with Gasteiger partial charge >= 0.3 is 0 Å². The topological polar surface area (TPSA) is 46.6 Å². The maximum atomic E-state index is 13.9. The number of benzene rings is 3. The third kappa shape index (κ3) is 5.54. The molecule has 1 heterocycles. The van der Waals surface area contributed by atoms with Gasteiger partial charge in [0.15, 0.2) is 11.6 Å². The van der Waals surface area contributed by atoms with Gasteiger partial charge in [0.25, 0.3) is 0 Å². The van der Waals surface area contributed by atoms with Gasteiger partial charge in [0.05, 0.1) is 13.2 Å². The average molecular weight is 440 g/mol. The smallest absolute Gasteiger partial charge is 0.189 e. The van der Waals surface area contributed by atoms with Crippen molar-refractivity contribution >= 4 is 11.6 Å². The summed E-state index contributed by atoms with van der Waals surface area (Å²) in [7, 11) is 0. The Bertz CT molecular complexity index is 1070. The highest BCUT2D eigenvalue weighted by Crippen LogP contribution is 2.36. The molecule has 33 heavy (non-hydrogen) atoms. The number of hydrogen-bond donors (Lipinski definition) is 0. The van der Waals surface area contributed by atoms with E-state index in [4.69, 9.17) is 4.74 Å². The second-order valence-electron chi connectivity index (χ2n) is 8.36. The van der Waals surface area contributed by atoms with Crippen LogP contribution in [0.1, 0.15) is 32.2 Å². The first-order chi connectivity index (χ1) is 16.1. The minimum Gasteiger partial charge on any atom is -0.379 e. The fraction of sp³-hybridized carbons (Fsp3) is 0.241. The van der Waals surface area contributed by atoms with E-state index in [1.165, 1.54) is 0 Å². The molecule has 4 heteroatoms. The third-order valence-electron chi connectivity index (χ3n) is 6.22. The predicted molar refractivity (Wildman–Crippen MR) is 131 cm³/mol. The summed E-state index contributed by atoms with van der Waals surface area (Å²) in [6.07, 6.45) is 0. The predicted octanol–water partition coefficient (Wildman–Crippen LogP) is 5.04. The number of carbonyl (C=O) groups excluding carboxylic acids is 2. The number of ether oxygens (including phenoxy) is 1. The Kier molecular flexibility index (Phi) is 7.61. The Morgan fingerprint density at radius 3 is 1.88 bits per heavy atom. The van der Waals surface area contributed by atoms with Crippen LogP contribution in [-0.2, 0) is 4.74 Å². The molecule has 0 bridgehead atoms. The molecule has 1 aliphatic rings. The van der Waals surface area contributed by atoms with E-state index in [9.17, 15) is 9.59 Å². The first kappa shape index (κ1) is 22.8. The van der Waals surface area contributed by atoms with Crippen LogP contribution in [0.5, 0.6) is 0 Å². The molecule has 1 aliphatic heterocycles. The first-order valence-corrected chi connectivity index (χ1v) is 11.4. The van der Waals surface area contributed by atoms with Crippen molar-refractivity contribution in [2.45, 2.75) is 5.92 Å². The molecule has 0 N–H and O–H groups in total. The molecule has 0 amide bonds. The Labute approximate surface area is 195 Å². The van der Waals surface area contributed by atoms with Crippen LogP contribution < -0.4 is 0 Å². The molecule has 168 valence electrons. The lowest BCUT2D eigenvalue weighted by molar-refractivity contribution is 0.0288. The van der Waals surface area contributed by atoms with Crippen molar-refractivity contribution in [1.82, 2.24) is 4.90 Å². The van der Waals surface area contributed by atoms with E-state index >= 15 is 0 Å². The van der Waals surface area contributed by atoms with Gasteiger partial charge in [-0.1, -0.05) is 97.6 Å². The first-order valence-electron chi connectivity index (χ1n) is 11.4. The van der Waals surface area contributed by atoms with Gasteiger partial charge < -0.3 is 4.74 Å². The lowest BCUT2D eigenvalue weighted by atomic mass is 9.75. The Hall–Kier alpha value is -3.34. The molecule has 0 aromatic heterocycles. The summed E-state index contributed by atoms with van der Waals surface area (Å²) < 4.78 is 5.52. The highest BCUT2D eigenvalue weighted by molar-refractivity contribution is 6.10. The van der Waals surface area contributed by atoms with E-state index in [0.29, 0.717) is 36.5 Å². The molecule has 1 fully saturated rings. The van der Waals surface area contributed by atoms with Gasteiger partial charge in [0, 0.05) is 48.2 Å². The van der Waals surface area contributed by atoms with Crippen LogP contribution in [0, 0.1) is 5.92 Å². The lowest BCUT2D eigenvalue weighted by Crippen LogP contribution is -2.43. The van der Waals surface area contributed by atoms with E-state index < -0.39 is 11.8 Å². The van der Waals surface area contributed by atoms with E-state index in [1.54, 1.807) is 12.1 Å². The summed E-state index contributed by atoms with van der Waals surface area (Å²) in [5.74, 6) is -0.988. The second-order valence-corrected chi connectivity index (χ2v) is 8.36. The van der Waals surface area contributed by atoms with Crippen molar-refractivity contribution in [3.8, 4) is 0 Å². The molecule has 3 aromatic rings. The second kappa shape index (κ2) is 11.0. The SMILES string of the molecule is C=C(C(=O)c1ccccc1)[C@H](c1ccccc1)[C@@H](CN1CCOCC1)C(=O)c1ccccc1. The van der Waals surface area contributed by atoms with Crippen LogP contribution in [0.3, 0.4) is 0 Å². The van der Waals surface area contributed by atoms with Crippen molar-refractivity contribution in [1.29, 1.82) is 0 Å². The van der Waals surface area contributed by atoms with Crippen molar-refractivity contribution in [3.05, 3.63) is 120 Å². The largest absolute Gasteiger partial charge is 0.379 e. The fourth-order valence-electron chi connectivity index (χ4n) is 4.47. The van der Waals surface area contributed by atoms with E-state index in [-0.39, 0.29) is 11.6 Å². The molecule has 2 atom stereocenters. The minimum atomic E-state index is -0.451. The van der Waals surface area contributed by atoms with Crippen LogP contribution in [0.4, 0.5) is 0 Å². The number of carbonyl (C=O) groups is 2. The molecule has 0 spiro atoms. The molecular formula is C29H29NO3.